The monoisotopic (exact) mass is 790 g/mol. The Morgan fingerprint density at radius 1 is 0.242 bits per heavy atom. The summed E-state index contributed by atoms with van der Waals surface area (Å²) in [5.74, 6) is 0.693. The molecule has 0 radical (unpaired) electrons. The van der Waals surface area contributed by atoms with Gasteiger partial charge in [-0.25, -0.2) is 9.97 Å². The molecular formula is C58H38N4. The van der Waals surface area contributed by atoms with Crippen molar-refractivity contribution in [3.05, 3.63) is 231 Å². The molecule has 9 aromatic carbocycles. The van der Waals surface area contributed by atoms with Crippen LogP contribution in [0.2, 0.25) is 0 Å². The Hall–Kier alpha value is -8.34. The minimum absolute atomic E-state index is 0.693. The summed E-state index contributed by atoms with van der Waals surface area (Å²) in [4.78, 5) is 10.4. The summed E-state index contributed by atoms with van der Waals surface area (Å²) in [6.45, 7) is 0. The van der Waals surface area contributed by atoms with E-state index in [0.29, 0.717) is 5.82 Å². The number of nitrogens with zero attached hydrogens (tertiary/aromatic N) is 4. The van der Waals surface area contributed by atoms with E-state index in [9.17, 15) is 0 Å². The molecule has 4 heteroatoms. The van der Waals surface area contributed by atoms with Gasteiger partial charge in [-0.3, -0.25) is 0 Å². The maximum absolute atomic E-state index is 5.24. The highest BCUT2D eigenvalue weighted by molar-refractivity contribution is 6.19. The van der Waals surface area contributed by atoms with Crippen LogP contribution in [-0.2, 0) is 0 Å². The molecule has 0 unspecified atom stereocenters. The third-order valence-electron chi connectivity index (χ3n) is 12.1. The highest BCUT2D eigenvalue weighted by Gasteiger charge is 2.20. The minimum atomic E-state index is 0.693. The van der Waals surface area contributed by atoms with Gasteiger partial charge in [0.25, 0.3) is 0 Å². The maximum atomic E-state index is 5.24. The zero-order chi connectivity index (χ0) is 41.0. The quantitative estimate of drug-likeness (QED) is 0.161. The SMILES string of the molecule is c1ccc(-c2cccc(-c3cc(-c4cccc(-n5c6ccccc6c6cc7c(cc65)c5ccccc5n7-c5cccc(-c6ccccc6)c5)c4)nc(-c4ccccc4)n3)c2)cc1. The molecule has 0 aliphatic rings. The third-order valence-corrected chi connectivity index (χ3v) is 12.1. The molecule has 0 bridgehead atoms. The van der Waals surface area contributed by atoms with Crippen molar-refractivity contribution < 1.29 is 0 Å². The molecule has 0 spiro atoms. The molecule has 0 aliphatic heterocycles. The van der Waals surface area contributed by atoms with Crippen molar-refractivity contribution in [1.82, 2.24) is 19.1 Å². The summed E-state index contributed by atoms with van der Waals surface area (Å²) in [5.41, 5.74) is 16.4. The fourth-order valence-corrected chi connectivity index (χ4v) is 9.19. The fraction of sp³-hybridized carbons (Fsp3) is 0. The van der Waals surface area contributed by atoms with Crippen LogP contribution in [0.1, 0.15) is 0 Å². The predicted octanol–water partition coefficient (Wildman–Crippen LogP) is 15.0. The molecule has 62 heavy (non-hydrogen) atoms. The van der Waals surface area contributed by atoms with Gasteiger partial charge in [0.15, 0.2) is 5.82 Å². The highest BCUT2D eigenvalue weighted by Crippen LogP contribution is 2.41. The van der Waals surface area contributed by atoms with Crippen LogP contribution in [0.15, 0.2) is 231 Å². The first-order valence-corrected chi connectivity index (χ1v) is 21.1. The first kappa shape index (κ1) is 35.6. The summed E-state index contributed by atoms with van der Waals surface area (Å²) in [6, 6.07) is 82.2. The van der Waals surface area contributed by atoms with Crippen molar-refractivity contribution in [2.75, 3.05) is 0 Å². The first-order chi connectivity index (χ1) is 30.7. The Labute approximate surface area is 359 Å². The second-order valence-corrected chi connectivity index (χ2v) is 15.8. The molecule has 12 rings (SSSR count). The van der Waals surface area contributed by atoms with E-state index in [1.54, 1.807) is 0 Å². The predicted molar refractivity (Wildman–Crippen MR) is 258 cm³/mol. The van der Waals surface area contributed by atoms with Crippen molar-refractivity contribution in [2.45, 2.75) is 0 Å². The number of hydrogen-bond acceptors (Lipinski definition) is 2. The number of fused-ring (bicyclic) bond motifs is 6. The number of hydrogen-bond donors (Lipinski definition) is 0. The standard InChI is InChI=1S/C58H38N4/c1-4-17-39(18-5-1)42-23-14-25-44(33-42)52-38-53(60-58(59-52)41-21-8-3-9-22-41)45-26-16-28-47(35-45)62-55-32-13-11-30-49(55)51-36-56-50(37-57(51)62)48-29-10-12-31-54(48)61(56)46-27-15-24-43(34-46)40-19-6-2-7-20-40/h1-38H. The minimum Gasteiger partial charge on any atom is -0.309 e. The van der Waals surface area contributed by atoms with Crippen molar-refractivity contribution in [1.29, 1.82) is 0 Å². The number of rotatable bonds is 7. The highest BCUT2D eigenvalue weighted by atomic mass is 15.0. The maximum Gasteiger partial charge on any atom is 0.160 e. The summed E-state index contributed by atoms with van der Waals surface area (Å²) >= 11 is 0. The molecule has 3 heterocycles. The average Bonchev–Trinajstić information content (AvgIpc) is 3.86. The lowest BCUT2D eigenvalue weighted by Crippen LogP contribution is -1.98. The van der Waals surface area contributed by atoms with Gasteiger partial charge in [-0.05, 0) is 82.9 Å². The molecule has 12 aromatic rings. The van der Waals surface area contributed by atoms with E-state index in [1.807, 2.05) is 18.2 Å². The lowest BCUT2D eigenvalue weighted by atomic mass is 10.0. The summed E-state index contributed by atoms with van der Waals surface area (Å²) in [5, 5.41) is 4.84. The molecule has 0 aliphatic carbocycles. The lowest BCUT2D eigenvalue weighted by molar-refractivity contribution is 1.16. The van der Waals surface area contributed by atoms with Crippen LogP contribution < -0.4 is 0 Å². The van der Waals surface area contributed by atoms with Crippen LogP contribution in [0.25, 0.3) is 111 Å². The number of benzene rings is 9. The van der Waals surface area contributed by atoms with Crippen LogP contribution in [0, 0.1) is 0 Å². The van der Waals surface area contributed by atoms with E-state index in [-0.39, 0.29) is 0 Å². The third kappa shape index (κ3) is 6.08. The average molecular weight is 791 g/mol. The Balaban J connectivity index is 1.04. The van der Waals surface area contributed by atoms with E-state index < -0.39 is 0 Å². The van der Waals surface area contributed by atoms with Gasteiger partial charge in [0.1, 0.15) is 0 Å². The topological polar surface area (TPSA) is 35.6 Å². The molecule has 0 atom stereocenters. The van der Waals surface area contributed by atoms with Crippen LogP contribution in [0.5, 0.6) is 0 Å². The van der Waals surface area contributed by atoms with Gasteiger partial charge in [0.2, 0.25) is 0 Å². The zero-order valence-corrected chi connectivity index (χ0v) is 33.7. The Morgan fingerprint density at radius 3 is 1.16 bits per heavy atom. The number of aromatic nitrogens is 4. The number of para-hydroxylation sites is 2. The van der Waals surface area contributed by atoms with E-state index >= 15 is 0 Å². The van der Waals surface area contributed by atoms with E-state index in [2.05, 4.69) is 221 Å². The lowest BCUT2D eigenvalue weighted by Gasteiger charge is -2.13. The molecule has 0 amide bonds. The van der Waals surface area contributed by atoms with Gasteiger partial charge in [-0.2, -0.15) is 0 Å². The van der Waals surface area contributed by atoms with E-state index in [1.165, 1.54) is 49.3 Å². The molecule has 3 aromatic heterocycles. The summed E-state index contributed by atoms with van der Waals surface area (Å²) < 4.78 is 4.84. The molecule has 0 saturated carbocycles. The molecule has 290 valence electrons. The van der Waals surface area contributed by atoms with Gasteiger partial charge in [0, 0.05) is 49.6 Å². The second-order valence-electron chi connectivity index (χ2n) is 15.8. The molecular weight excluding hydrogens is 753 g/mol. The normalized spacial score (nSPS) is 11.5. The van der Waals surface area contributed by atoms with Gasteiger partial charge in [0.05, 0.1) is 33.5 Å². The van der Waals surface area contributed by atoms with Crippen molar-refractivity contribution in [3.63, 3.8) is 0 Å². The van der Waals surface area contributed by atoms with Gasteiger partial charge < -0.3 is 9.13 Å². The second kappa shape index (κ2) is 14.7. The van der Waals surface area contributed by atoms with Crippen LogP contribution in [0.4, 0.5) is 0 Å². The summed E-state index contributed by atoms with van der Waals surface area (Å²) in [6.07, 6.45) is 0. The van der Waals surface area contributed by atoms with Crippen molar-refractivity contribution >= 4 is 43.6 Å². The largest absolute Gasteiger partial charge is 0.309 e. The van der Waals surface area contributed by atoms with Crippen LogP contribution >= 0.6 is 0 Å². The summed E-state index contributed by atoms with van der Waals surface area (Å²) in [7, 11) is 0. The van der Waals surface area contributed by atoms with E-state index in [0.717, 1.165) is 56.0 Å². The smallest absolute Gasteiger partial charge is 0.160 e. The Kier molecular flexibility index (Phi) is 8.46. The molecule has 4 nitrogen and oxygen atoms in total. The fourth-order valence-electron chi connectivity index (χ4n) is 9.19. The first-order valence-electron chi connectivity index (χ1n) is 21.1. The van der Waals surface area contributed by atoms with Gasteiger partial charge in [-0.15, -0.1) is 0 Å². The molecule has 0 saturated heterocycles. The Bertz CT molecular complexity index is 3620. The van der Waals surface area contributed by atoms with E-state index in [4.69, 9.17) is 9.97 Å². The van der Waals surface area contributed by atoms with Crippen LogP contribution in [0.3, 0.4) is 0 Å². The van der Waals surface area contributed by atoms with Crippen molar-refractivity contribution in [2.24, 2.45) is 0 Å². The van der Waals surface area contributed by atoms with Crippen molar-refractivity contribution in [3.8, 4) is 67.5 Å². The van der Waals surface area contributed by atoms with Crippen LogP contribution in [-0.4, -0.2) is 19.1 Å². The zero-order valence-electron chi connectivity index (χ0n) is 33.7. The van der Waals surface area contributed by atoms with Gasteiger partial charge >= 0.3 is 0 Å². The molecule has 0 N–H and O–H groups in total. The Morgan fingerprint density at radius 2 is 0.629 bits per heavy atom. The molecule has 0 fully saturated rings. The van der Waals surface area contributed by atoms with Gasteiger partial charge in [-0.1, -0.05) is 170 Å².